The van der Waals surface area contributed by atoms with Gasteiger partial charge in [0.1, 0.15) is 11.4 Å². The van der Waals surface area contributed by atoms with Crippen molar-refractivity contribution >= 4 is 28.4 Å². The van der Waals surface area contributed by atoms with Crippen molar-refractivity contribution in [1.82, 2.24) is 9.88 Å². The van der Waals surface area contributed by atoms with Crippen LogP contribution in [0.4, 0.5) is 0 Å². The van der Waals surface area contributed by atoms with Crippen LogP contribution in [0.3, 0.4) is 0 Å². The second kappa shape index (κ2) is 6.93. The van der Waals surface area contributed by atoms with Crippen LogP contribution in [0.2, 0.25) is 5.02 Å². The van der Waals surface area contributed by atoms with Crippen LogP contribution < -0.4 is 10.1 Å². The molecule has 1 N–H and O–H groups in total. The molecule has 3 aromatic rings. The first-order valence-electron chi connectivity index (χ1n) is 9.19. The Bertz CT molecular complexity index is 1000. The number of carbonyl (C=O) groups excluding carboxylic acids is 1. The molecule has 2 aromatic carbocycles. The van der Waals surface area contributed by atoms with Crippen molar-refractivity contribution in [3.05, 3.63) is 64.3 Å². The fraction of sp³-hybridized carbons (Fsp3) is 0.318. The summed E-state index contributed by atoms with van der Waals surface area (Å²) >= 11 is 6.15. The largest absolute Gasteiger partial charge is 0.497 e. The zero-order valence-electron chi connectivity index (χ0n) is 15.8. The summed E-state index contributed by atoms with van der Waals surface area (Å²) in [5, 5.41) is 4.97. The smallest absolute Gasteiger partial charge is 0.268 e. The Labute approximate surface area is 164 Å². The zero-order chi connectivity index (χ0) is 19.1. The van der Waals surface area contributed by atoms with Gasteiger partial charge in [0.05, 0.1) is 13.2 Å². The minimum absolute atomic E-state index is 0.0180. The van der Waals surface area contributed by atoms with Crippen LogP contribution >= 0.6 is 11.6 Å². The number of hydrogen-bond acceptors (Lipinski definition) is 2. The first-order chi connectivity index (χ1) is 13.0. The number of hydrogen-bond donors (Lipinski definition) is 1. The molecule has 1 saturated carbocycles. The molecular weight excluding hydrogens is 360 g/mol. The summed E-state index contributed by atoms with van der Waals surface area (Å²) in [6.45, 7) is 1.98. The molecule has 0 bridgehead atoms. The number of halogens is 1. The molecule has 27 heavy (non-hydrogen) atoms. The standard InChI is InChI=1S/C22H23ClN2O2/c1-13-18-12-16(23)8-11-19(18)25(2)21(13)22(26)24-20(14-4-5-14)15-6-9-17(27-3)10-7-15/h6-12,14,20H,4-5H2,1-3H3,(H,24,26)/t20-/m0/s1. The average Bonchev–Trinajstić information content (AvgIpc) is 3.47. The van der Waals surface area contributed by atoms with E-state index in [4.69, 9.17) is 16.3 Å². The molecule has 0 unspecified atom stereocenters. The van der Waals surface area contributed by atoms with E-state index in [1.807, 2.05) is 61.0 Å². The Balaban J connectivity index is 1.66. The highest BCUT2D eigenvalue weighted by Crippen LogP contribution is 2.41. The lowest BCUT2D eigenvalue weighted by Gasteiger charge is -2.20. The third-order valence-corrected chi connectivity index (χ3v) is 5.72. The molecule has 0 saturated heterocycles. The molecule has 0 spiro atoms. The summed E-state index contributed by atoms with van der Waals surface area (Å²) in [5.41, 5.74) is 3.77. The highest BCUT2D eigenvalue weighted by molar-refractivity contribution is 6.31. The van der Waals surface area contributed by atoms with Gasteiger partial charge in [0.25, 0.3) is 5.91 Å². The van der Waals surface area contributed by atoms with Gasteiger partial charge < -0.3 is 14.6 Å². The Morgan fingerprint density at radius 3 is 2.56 bits per heavy atom. The average molecular weight is 383 g/mol. The minimum Gasteiger partial charge on any atom is -0.497 e. The van der Waals surface area contributed by atoms with Crippen LogP contribution in [0.5, 0.6) is 5.75 Å². The summed E-state index contributed by atoms with van der Waals surface area (Å²) < 4.78 is 7.20. The van der Waals surface area contributed by atoms with E-state index in [0.717, 1.165) is 40.6 Å². The molecule has 4 rings (SSSR count). The number of amides is 1. The molecule has 1 aliphatic rings. The number of aryl methyl sites for hydroxylation is 2. The number of nitrogens with zero attached hydrogens (tertiary/aromatic N) is 1. The zero-order valence-corrected chi connectivity index (χ0v) is 16.5. The molecule has 140 valence electrons. The number of aromatic nitrogens is 1. The molecule has 1 fully saturated rings. The van der Waals surface area contributed by atoms with Gasteiger partial charge in [-0.1, -0.05) is 23.7 Å². The third-order valence-electron chi connectivity index (χ3n) is 5.48. The van der Waals surface area contributed by atoms with Gasteiger partial charge in [-0.2, -0.15) is 0 Å². The Kier molecular flexibility index (Phi) is 4.60. The van der Waals surface area contributed by atoms with E-state index >= 15 is 0 Å². The molecule has 1 aliphatic carbocycles. The number of methoxy groups -OCH3 is 1. The molecule has 0 aliphatic heterocycles. The fourth-order valence-electron chi connectivity index (χ4n) is 3.85. The quantitative estimate of drug-likeness (QED) is 0.672. The van der Waals surface area contributed by atoms with Crippen LogP contribution in [0.1, 0.15) is 40.5 Å². The molecule has 1 aromatic heterocycles. The van der Waals surface area contributed by atoms with E-state index in [9.17, 15) is 4.79 Å². The number of carbonyl (C=O) groups is 1. The van der Waals surface area contributed by atoms with Crippen molar-refractivity contribution in [1.29, 1.82) is 0 Å². The highest BCUT2D eigenvalue weighted by atomic mass is 35.5. The van der Waals surface area contributed by atoms with Gasteiger partial charge in [0.15, 0.2) is 0 Å². The van der Waals surface area contributed by atoms with Crippen molar-refractivity contribution in [3.63, 3.8) is 0 Å². The summed E-state index contributed by atoms with van der Waals surface area (Å²) in [5.74, 6) is 1.27. The highest BCUT2D eigenvalue weighted by Gasteiger charge is 2.34. The van der Waals surface area contributed by atoms with E-state index in [-0.39, 0.29) is 11.9 Å². The first-order valence-corrected chi connectivity index (χ1v) is 9.56. The van der Waals surface area contributed by atoms with E-state index in [0.29, 0.717) is 16.6 Å². The number of fused-ring (bicyclic) bond motifs is 1. The maximum absolute atomic E-state index is 13.2. The molecule has 4 nitrogen and oxygen atoms in total. The second-order valence-corrected chi connectivity index (χ2v) is 7.69. The van der Waals surface area contributed by atoms with Crippen molar-refractivity contribution in [2.75, 3.05) is 7.11 Å². The van der Waals surface area contributed by atoms with Crippen LogP contribution in [0, 0.1) is 12.8 Å². The molecule has 1 amide bonds. The summed E-state index contributed by atoms with van der Waals surface area (Å²) in [6.07, 6.45) is 2.28. The van der Waals surface area contributed by atoms with Crippen LogP contribution in [-0.4, -0.2) is 17.6 Å². The Morgan fingerprint density at radius 2 is 1.93 bits per heavy atom. The lowest BCUT2D eigenvalue weighted by atomic mass is 10.0. The molecule has 0 radical (unpaired) electrons. The lowest BCUT2D eigenvalue weighted by Crippen LogP contribution is -2.31. The second-order valence-electron chi connectivity index (χ2n) is 7.26. The topological polar surface area (TPSA) is 43.3 Å². The fourth-order valence-corrected chi connectivity index (χ4v) is 4.02. The van der Waals surface area contributed by atoms with Crippen molar-refractivity contribution in [2.24, 2.45) is 13.0 Å². The van der Waals surface area contributed by atoms with Gasteiger partial charge in [-0.25, -0.2) is 0 Å². The normalized spacial score (nSPS) is 15.0. The van der Waals surface area contributed by atoms with Crippen LogP contribution in [-0.2, 0) is 7.05 Å². The van der Waals surface area contributed by atoms with Gasteiger partial charge in [-0.15, -0.1) is 0 Å². The SMILES string of the molecule is COc1ccc([C@@H](NC(=O)c2c(C)c3cc(Cl)ccc3n2C)C2CC2)cc1. The van der Waals surface area contributed by atoms with Crippen molar-refractivity contribution < 1.29 is 9.53 Å². The van der Waals surface area contributed by atoms with Crippen LogP contribution in [0.25, 0.3) is 10.9 Å². The Morgan fingerprint density at radius 1 is 1.22 bits per heavy atom. The van der Waals surface area contributed by atoms with E-state index in [2.05, 4.69) is 5.32 Å². The number of benzene rings is 2. The maximum atomic E-state index is 13.2. The molecule has 1 atom stereocenters. The number of rotatable bonds is 5. The minimum atomic E-state index is -0.0463. The van der Waals surface area contributed by atoms with Gasteiger partial charge >= 0.3 is 0 Å². The summed E-state index contributed by atoms with van der Waals surface area (Å²) in [6, 6.07) is 13.7. The van der Waals surface area contributed by atoms with Crippen molar-refractivity contribution in [3.8, 4) is 5.75 Å². The molecule has 1 heterocycles. The van der Waals surface area contributed by atoms with Crippen molar-refractivity contribution in [2.45, 2.75) is 25.8 Å². The number of nitrogens with one attached hydrogen (secondary N) is 1. The van der Waals surface area contributed by atoms with E-state index < -0.39 is 0 Å². The van der Waals surface area contributed by atoms with Gasteiger partial charge in [0, 0.05) is 23.0 Å². The predicted octanol–water partition coefficient (Wildman–Crippen LogP) is 5.03. The molecular formula is C22H23ClN2O2. The summed E-state index contributed by atoms with van der Waals surface area (Å²) in [7, 11) is 3.59. The maximum Gasteiger partial charge on any atom is 0.268 e. The summed E-state index contributed by atoms with van der Waals surface area (Å²) in [4.78, 5) is 13.2. The molecule has 5 heteroatoms. The predicted molar refractivity (Wildman–Crippen MR) is 109 cm³/mol. The lowest BCUT2D eigenvalue weighted by molar-refractivity contribution is 0.0923. The number of ether oxygens (including phenoxy) is 1. The monoisotopic (exact) mass is 382 g/mol. The Hall–Kier alpha value is -2.46. The van der Waals surface area contributed by atoms with E-state index in [1.54, 1.807) is 7.11 Å². The first kappa shape index (κ1) is 17.9. The van der Waals surface area contributed by atoms with Gasteiger partial charge in [-0.05, 0) is 67.1 Å². The van der Waals surface area contributed by atoms with Gasteiger partial charge in [0.2, 0.25) is 0 Å². The van der Waals surface area contributed by atoms with Gasteiger partial charge in [-0.3, -0.25) is 4.79 Å². The van der Waals surface area contributed by atoms with Crippen LogP contribution in [0.15, 0.2) is 42.5 Å². The van der Waals surface area contributed by atoms with E-state index in [1.165, 1.54) is 0 Å². The third kappa shape index (κ3) is 3.30.